The monoisotopic (exact) mass is 223 g/mol. The van der Waals surface area contributed by atoms with Crippen molar-refractivity contribution in [2.24, 2.45) is 0 Å². The molecule has 1 aliphatic rings. The summed E-state index contributed by atoms with van der Waals surface area (Å²) in [5, 5.41) is 9.03. The summed E-state index contributed by atoms with van der Waals surface area (Å²) in [6, 6.07) is 0. The van der Waals surface area contributed by atoms with Gasteiger partial charge in [0.15, 0.2) is 0 Å². The van der Waals surface area contributed by atoms with Crippen LogP contribution in [0.2, 0.25) is 0 Å². The number of hydrogen-bond acceptors (Lipinski definition) is 3. The van der Waals surface area contributed by atoms with Crippen molar-refractivity contribution in [3.63, 3.8) is 0 Å². The number of aliphatic hydroxyl groups excluding tert-OH is 1. The summed E-state index contributed by atoms with van der Waals surface area (Å²) in [5.74, 6) is 0.204. The van der Waals surface area contributed by atoms with Crippen LogP contribution in [0.1, 0.15) is 25.0 Å². The Morgan fingerprint density at radius 3 is 2.88 bits per heavy atom. The van der Waals surface area contributed by atoms with E-state index in [4.69, 9.17) is 5.11 Å². The molecule has 0 unspecified atom stereocenters. The van der Waals surface area contributed by atoms with Gasteiger partial charge in [0, 0.05) is 26.1 Å². The summed E-state index contributed by atoms with van der Waals surface area (Å²) < 4.78 is 1.83. The highest BCUT2D eigenvalue weighted by atomic mass is 16.3. The molecular weight excluding hydrogens is 206 g/mol. The van der Waals surface area contributed by atoms with Crippen LogP contribution in [0.5, 0.6) is 0 Å². The molecule has 5 heteroatoms. The van der Waals surface area contributed by atoms with Gasteiger partial charge in [-0.1, -0.05) is 0 Å². The van der Waals surface area contributed by atoms with Crippen molar-refractivity contribution >= 4 is 5.91 Å². The summed E-state index contributed by atoms with van der Waals surface area (Å²) >= 11 is 0. The quantitative estimate of drug-likeness (QED) is 0.803. The van der Waals surface area contributed by atoms with E-state index in [1.54, 1.807) is 12.5 Å². The Kier molecular flexibility index (Phi) is 3.56. The van der Waals surface area contributed by atoms with Gasteiger partial charge in [0.25, 0.3) is 0 Å². The molecule has 5 nitrogen and oxygen atoms in total. The fraction of sp³-hybridized carbons (Fsp3) is 0.636. The lowest BCUT2D eigenvalue weighted by Gasteiger charge is -2.15. The molecule has 1 aliphatic heterocycles. The van der Waals surface area contributed by atoms with Gasteiger partial charge in [0.2, 0.25) is 5.91 Å². The highest BCUT2D eigenvalue weighted by Crippen LogP contribution is 2.10. The van der Waals surface area contributed by atoms with Crippen LogP contribution in [-0.2, 0) is 17.9 Å². The Hall–Kier alpha value is -1.36. The van der Waals surface area contributed by atoms with E-state index in [9.17, 15) is 4.79 Å². The first kappa shape index (κ1) is 11.1. The van der Waals surface area contributed by atoms with Crippen LogP contribution < -0.4 is 0 Å². The maximum absolute atomic E-state index is 11.8. The zero-order valence-corrected chi connectivity index (χ0v) is 9.30. The molecule has 1 saturated heterocycles. The molecule has 0 atom stereocenters. The van der Waals surface area contributed by atoms with E-state index >= 15 is 0 Å². The Labute approximate surface area is 94.7 Å². The van der Waals surface area contributed by atoms with Gasteiger partial charge in [-0.2, -0.15) is 0 Å². The number of amides is 1. The first-order chi connectivity index (χ1) is 7.81. The van der Waals surface area contributed by atoms with Crippen LogP contribution in [-0.4, -0.2) is 38.6 Å². The van der Waals surface area contributed by atoms with Crippen molar-refractivity contribution in [2.75, 3.05) is 13.1 Å². The van der Waals surface area contributed by atoms with E-state index in [1.807, 2.05) is 9.47 Å². The molecular formula is C11H17N3O2. The van der Waals surface area contributed by atoms with E-state index in [0.717, 1.165) is 31.6 Å². The smallest absolute Gasteiger partial charge is 0.224 e. The van der Waals surface area contributed by atoms with E-state index in [0.29, 0.717) is 13.0 Å². The van der Waals surface area contributed by atoms with Crippen LogP contribution in [0.25, 0.3) is 0 Å². The van der Waals surface area contributed by atoms with Crippen molar-refractivity contribution in [3.05, 3.63) is 18.2 Å². The van der Waals surface area contributed by atoms with Crippen molar-refractivity contribution in [1.82, 2.24) is 14.5 Å². The van der Waals surface area contributed by atoms with Crippen LogP contribution >= 0.6 is 0 Å². The van der Waals surface area contributed by atoms with Crippen LogP contribution in [0.3, 0.4) is 0 Å². The molecule has 2 rings (SSSR count). The van der Waals surface area contributed by atoms with E-state index in [2.05, 4.69) is 4.98 Å². The van der Waals surface area contributed by atoms with E-state index < -0.39 is 0 Å². The molecule has 1 aromatic rings. The van der Waals surface area contributed by atoms with Crippen molar-refractivity contribution in [2.45, 2.75) is 32.4 Å². The Morgan fingerprint density at radius 2 is 2.19 bits per heavy atom. The number of carbonyl (C=O) groups is 1. The van der Waals surface area contributed by atoms with E-state index in [1.165, 1.54) is 0 Å². The summed E-state index contributed by atoms with van der Waals surface area (Å²) in [4.78, 5) is 17.6. The lowest BCUT2D eigenvalue weighted by atomic mass is 10.3. The minimum absolute atomic E-state index is 0.0299. The van der Waals surface area contributed by atoms with Gasteiger partial charge in [-0.05, 0) is 12.8 Å². The van der Waals surface area contributed by atoms with Crippen molar-refractivity contribution in [1.29, 1.82) is 0 Å². The largest absolute Gasteiger partial charge is 0.390 e. The number of aromatic nitrogens is 2. The van der Waals surface area contributed by atoms with Gasteiger partial charge in [0.05, 0.1) is 24.8 Å². The summed E-state index contributed by atoms with van der Waals surface area (Å²) in [6.45, 7) is 2.37. The Morgan fingerprint density at radius 1 is 1.44 bits per heavy atom. The van der Waals surface area contributed by atoms with Crippen LogP contribution in [0.4, 0.5) is 0 Å². The maximum atomic E-state index is 11.8. The fourth-order valence-electron chi connectivity index (χ4n) is 2.02. The first-order valence-electron chi connectivity index (χ1n) is 5.69. The molecule has 0 radical (unpaired) electrons. The lowest BCUT2D eigenvalue weighted by Crippen LogP contribution is -2.28. The summed E-state index contributed by atoms with van der Waals surface area (Å²) in [5.41, 5.74) is 0.759. The third-order valence-corrected chi connectivity index (χ3v) is 2.99. The second-order valence-electron chi connectivity index (χ2n) is 4.07. The predicted molar refractivity (Wildman–Crippen MR) is 58.6 cm³/mol. The van der Waals surface area contributed by atoms with Gasteiger partial charge in [0.1, 0.15) is 0 Å². The molecule has 1 N–H and O–H groups in total. The average molecular weight is 223 g/mol. The van der Waals surface area contributed by atoms with E-state index in [-0.39, 0.29) is 12.5 Å². The topological polar surface area (TPSA) is 58.4 Å². The number of imidazole rings is 1. The number of aryl methyl sites for hydroxylation is 1. The Bertz CT molecular complexity index is 356. The molecule has 0 aliphatic carbocycles. The highest BCUT2D eigenvalue weighted by Gasteiger charge is 2.17. The molecule has 1 amide bonds. The summed E-state index contributed by atoms with van der Waals surface area (Å²) in [7, 11) is 0. The first-order valence-corrected chi connectivity index (χ1v) is 5.69. The minimum atomic E-state index is -0.0299. The number of aliphatic hydroxyl groups is 1. The van der Waals surface area contributed by atoms with Gasteiger partial charge < -0.3 is 14.6 Å². The number of carbonyl (C=O) groups excluding carboxylic acids is 1. The number of hydrogen-bond donors (Lipinski definition) is 1. The molecule has 88 valence electrons. The van der Waals surface area contributed by atoms with Crippen LogP contribution in [0, 0.1) is 0 Å². The van der Waals surface area contributed by atoms with Gasteiger partial charge in [-0.3, -0.25) is 4.79 Å². The SMILES string of the molecule is O=C(CCn1cncc1CO)N1CCCC1. The Balaban J connectivity index is 1.84. The normalized spacial score (nSPS) is 15.7. The molecule has 1 aromatic heterocycles. The molecule has 1 fully saturated rings. The lowest BCUT2D eigenvalue weighted by molar-refractivity contribution is -0.130. The second kappa shape index (κ2) is 5.12. The third kappa shape index (κ3) is 2.41. The summed E-state index contributed by atoms with van der Waals surface area (Å²) in [6.07, 6.45) is 6.02. The number of likely N-dealkylation sites (tertiary alicyclic amines) is 1. The molecule has 2 heterocycles. The molecule has 0 bridgehead atoms. The van der Waals surface area contributed by atoms with Gasteiger partial charge >= 0.3 is 0 Å². The van der Waals surface area contributed by atoms with Crippen LogP contribution in [0.15, 0.2) is 12.5 Å². The van der Waals surface area contributed by atoms with Gasteiger partial charge in [-0.15, -0.1) is 0 Å². The van der Waals surface area contributed by atoms with Gasteiger partial charge in [-0.25, -0.2) is 4.98 Å². The zero-order chi connectivity index (χ0) is 11.4. The zero-order valence-electron chi connectivity index (χ0n) is 9.30. The third-order valence-electron chi connectivity index (χ3n) is 2.99. The number of rotatable bonds is 4. The molecule has 0 aromatic carbocycles. The van der Waals surface area contributed by atoms with Crippen molar-refractivity contribution < 1.29 is 9.90 Å². The van der Waals surface area contributed by atoms with Crippen molar-refractivity contribution in [3.8, 4) is 0 Å². The number of nitrogens with zero attached hydrogens (tertiary/aromatic N) is 3. The minimum Gasteiger partial charge on any atom is -0.390 e. The predicted octanol–water partition coefficient (Wildman–Crippen LogP) is 0.388. The molecule has 16 heavy (non-hydrogen) atoms. The second-order valence-corrected chi connectivity index (χ2v) is 4.07. The fourth-order valence-corrected chi connectivity index (χ4v) is 2.02. The highest BCUT2D eigenvalue weighted by molar-refractivity contribution is 5.76. The standard InChI is InChI=1S/C11H17N3O2/c15-8-10-7-12-9-14(10)6-3-11(16)13-4-1-2-5-13/h7,9,15H,1-6,8H2. The maximum Gasteiger partial charge on any atom is 0.224 e. The molecule has 0 saturated carbocycles. The molecule has 0 spiro atoms. The average Bonchev–Trinajstić information content (AvgIpc) is 2.96.